The van der Waals surface area contributed by atoms with E-state index in [1.807, 2.05) is 6.92 Å². The monoisotopic (exact) mass is 114 g/mol. The van der Waals surface area contributed by atoms with Crippen LogP contribution in [-0.2, 0) is 9.53 Å². The zero-order valence-electron chi connectivity index (χ0n) is 5.02. The molecule has 0 aromatic rings. The molecule has 0 N–H and O–H groups in total. The molecule has 0 aromatic heterocycles. The molecule has 0 aliphatic carbocycles. The van der Waals surface area contributed by atoms with Crippen LogP contribution in [0.3, 0.4) is 0 Å². The highest BCUT2D eigenvalue weighted by Crippen LogP contribution is 1.88. The van der Waals surface area contributed by atoms with Crippen molar-refractivity contribution in [2.45, 2.75) is 19.8 Å². The summed E-state index contributed by atoms with van der Waals surface area (Å²) in [6.45, 7) is 6.83. The average molecular weight is 114 g/mol. The first kappa shape index (κ1) is 7.47. The SMILES string of the molecule is [CH]COC(=O)CCC. The third-order valence-electron chi connectivity index (χ3n) is 0.698. The number of carbonyl (C=O) groups is 1. The van der Waals surface area contributed by atoms with Gasteiger partial charge in [-0.3, -0.25) is 4.79 Å². The summed E-state index contributed by atoms with van der Waals surface area (Å²) in [7, 11) is 0. The van der Waals surface area contributed by atoms with Gasteiger partial charge in [0.25, 0.3) is 0 Å². The fraction of sp³-hybridized carbons (Fsp3) is 0.667. The topological polar surface area (TPSA) is 26.3 Å². The minimum atomic E-state index is -0.213. The Morgan fingerprint density at radius 2 is 2.38 bits per heavy atom. The summed E-state index contributed by atoms with van der Waals surface area (Å²) in [4.78, 5) is 10.3. The molecule has 0 aliphatic rings. The quantitative estimate of drug-likeness (QED) is 0.512. The van der Waals surface area contributed by atoms with Gasteiger partial charge in [-0.05, 0) is 6.42 Å². The Morgan fingerprint density at radius 3 is 2.75 bits per heavy atom. The molecule has 0 aromatic carbocycles. The van der Waals surface area contributed by atoms with Crippen LogP contribution in [0.4, 0.5) is 0 Å². The van der Waals surface area contributed by atoms with Crippen LogP contribution in [0.1, 0.15) is 19.8 Å². The Kier molecular flexibility index (Phi) is 4.32. The van der Waals surface area contributed by atoms with Crippen molar-refractivity contribution >= 4 is 5.97 Å². The number of carbonyl (C=O) groups excluding carboxylic acids is 1. The maximum absolute atomic E-state index is 10.3. The van der Waals surface area contributed by atoms with E-state index in [9.17, 15) is 4.79 Å². The van der Waals surface area contributed by atoms with Crippen LogP contribution in [0.2, 0.25) is 0 Å². The molecule has 0 saturated carbocycles. The summed E-state index contributed by atoms with van der Waals surface area (Å²) in [5.41, 5.74) is 0. The highest BCUT2D eigenvalue weighted by atomic mass is 16.5. The van der Waals surface area contributed by atoms with E-state index < -0.39 is 0 Å². The molecule has 0 atom stereocenters. The zero-order chi connectivity index (χ0) is 6.41. The van der Waals surface area contributed by atoms with Crippen LogP contribution in [-0.4, -0.2) is 12.6 Å². The van der Waals surface area contributed by atoms with Gasteiger partial charge in [0.1, 0.15) is 0 Å². The van der Waals surface area contributed by atoms with Crippen LogP contribution >= 0.6 is 0 Å². The first-order valence-corrected chi connectivity index (χ1v) is 2.67. The van der Waals surface area contributed by atoms with Crippen molar-refractivity contribution in [3.05, 3.63) is 6.92 Å². The van der Waals surface area contributed by atoms with Crippen LogP contribution in [0.25, 0.3) is 0 Å². The first-order chi connectivity index (χ1) is 3.81. The van der Waals surface area contributed by atoms with E-state index in [0.29, 0.717) is 6.42 Å². The summed E-state index contributed by atoms with van der Waals surface area (Å²) in [5, 5.41) is 0. The highest BCUT2D eigenvalue weighted by molar-refractivity contribution is 5.69. The molecular formula is C6H10O2. The molecule has 0 unspecified atom stereocenters. The van der Waals surface area contributed by atoms with Gasteiger partial charge >= 0.3 is 5.97 Å². The fourth-order valence-corrected chi connectivity index (χ4v) is 0.369. The zero-order valence-corrected chi connectivity index (χ0v) is 5.02. The lowest BCUT2D eigenvalue weighted by molar-refractivity contribution is -0.142. The third kappa shape index (κ3) is 3.65. The van der Waals surface area contributed by atoms with Gasteiger partial charge in [-0.1, -0.05) is 6.92 Å². The number of esters is 1. The Balaban J connectivity index is 3.06. The van der Waals surface area contributed by atoms with Crippen molar-refractivity contribution in [1.82, 2.24) is 0 Å². The van der Waals surface area contributed by atoms with E-state index in [-0.39, 0.29) is 12.6 Å². The van der Waals surface area contributed by atoms with E-state index in [4.69, 9.17) is 6.92 Å². The first-order valence-electron chi connectivity index (χ1n) is 2.67. The third-order valence-corrected chi connectivity index (χ3v) is 0.698. The molecule has 46 valence electrons. The number of rotatable bonds is 3. The second kappa shape index (κ2) is 4.62. The summed E-state index contributed by atoms with van der Waals surface area (Å²) < 4.78 is 4.42. The molecule has 8 heavy (non-hydrogen) atoms. The smallest absolute Gasteiger partial charge is 0.305 e. The molecule has 0 spiro atoms. The Morgan fingerprint density at radius 1 is 1.75 bits per heavy atom. The molecule has 0 saturated heterocycles. The largest absolute Gasteiger partial charge is 0.465 e. The van der Waals surface area contributed by atoms with Gasteiger partial charge in [-0.2, -0.15) is 0 Å². The lowest BCUT2D eigenvalue weighted by Gasteiger charge is -1.96. The Bertz CT molecular complexity index is 60.9. The lowest BCUT2D eigenvalue weighted by atomic mass is 10.3. The predicted octanol–water partition coefficient (Wildman–Crippen LogP) is 1.04. The van der Waals surface area contributed by atoms with Crippen molar-refractivity contribution in [3.8, 4) is 0 Å². The van der Waals surface area contributed by atoms with Crippen molar-refractivity contribution < 1.29 is 9.53 Å². The fourth-order valence-electron chi connectivity index (χ4n) is 0.369. The van der Waals surface area contributed by atoms with Crippen molar-refractivity contribution in [2.75, 3.05) is 6.61 Å². The maximum atomic E-state index is 10.3. The van der Waals surface area contributed by atoms with Crippen LogP contribution < -0.4 is 0 Å². The summed E-state index contributed by atoms with van der Waals surface area (Å²) in [5.74, 6) is -0.213. The summed E-state index contributed by atoms with van der Waals surface area (Å²) >= 11 is 0. The molecule has 0 heterocycles. The number of ether oxygens (including phenoxy) is 1. The normalized spacial score (nSPS) is 8.75. The van der Waals surface area contributed by atoms with E-state index in [1.165, 1.54) is 0 Å². The molecular weight excluding hydrogens is 104 g/mol. The van der Waals surface area contributed by atoms with Crippen LogP contribution in [0, 0.1) is 6.92 Å². The molecule has 2 radical (unpaired) electrons. The summed E-state index contributed by atoms with van der Waals surface area (Å²) in [6, 6.07) is 0. The van der Waals surface area contributed by atoms with Crippen LogP contribution in [0.5, 0.6) is 0 Å². The van der Waals surface area contributed by atoms with E-state index in [0.717, 1.165) is 6.42 Å². The molecule has 0 bridgehead atoms. The molecule has 0 rings (SSSR count). The van der Waals surface area contributed by atoms with Crippen molar-refractivity contribution in [2.24, 2.45) is 0 Å². The van der Waals surface area contributed by atoms with Gasteiger partial charge in [0.15, 0.2) is 0 Å². The van der Waals surface area contributed by atoms with Gasteiger partial charge in [-0.25, -0.2) is 0 Å². The number of hydrogen-bond donors (Lipinski definition) is 0. The minimum Gasteiger partial charge on any atom is -0.465 e. The molecule has 0 fully saturated rings. The van der Waals surface area contributed by atoms with E-state index >= 15 is 0 Å². The van der Waals surface area contributed by atoms with Gasteiger partial charge in [-0.15, -0.1) is 0 Å². The molecule has 2 heteroatoms. The highest BCUT2D eigenvalue weighted by Gasteiger charge is 1.95. The maximum Gasteiger partial charge on any atom is 0.305 e. The number of hydrogen-bond acceptors (Lipinski definition) is 2. The molecule has 0 amide bonds. The Hall–Kier alpha value is -0.530. The lowest BCUT2D eigenvalue weighted by Crippen LogP contribution is -2.02. The van der Waals surface area contributed by atoms with Crippen LogP contribution in [0.15, 0.2) is 0 Å². The van der Waals surface area contributed by atoms with E-state index in [1.54, 1.807) is 0 Å². The second-order valence-corrected chi connectivity index (χ2v) is 1.43. The van der Waals surface area contributed by atoms with Gasteiger partial charge in [0, 0.05) is 13.3 Å². The van der Waals surface area contributed by atoms with Crippen molar-refractivity contribution in [1.29, 1.82) is 0 Å². The summed E-state index contributed by atoms with van der Waals surface area (Å²) in [6.07, 6.45) is 1.29. The van der Waals surface area contributed by atoms with Gasteiger partial charge < -0.3 is 4.74 Å². The predicted molar refractivity (Wildman–Crippen MR) is 30.2 cm³/mol. The van der Waals surface area contributed by atoms with E-state index in [2.05, 4.69) is 4.74 Å². The van der Waals surface area contributed by atoms with Gasteiger partial charge in [0.2, 0.25) is 0 Å². The average Bonchev–Trinajstić information content (AvgIpc) is 1.68. The minimum absolute atomic E-state index is 0.00116. The molecule has 0 aliphatic heterocycles. The van der Waals surface area contributed by atoms with Crippen molar-refractivity contribution in [3.63, 3.8) is 0 Å². The van der Waals surface area contributed by atoms with Gasteiger partial charge in [0.05, 0.1) is 6.61 Å². The second-order valence-electron chi connectivity index (χ2n) is 1.43. The standard InChI is InChI=1S/C6H10O2/c1-3-5-6(7)8-4-2/h2H,3-5H2,1H3. The Labute approximate surface area is 49.8 Å². The molecule has 2 nitrogen and oxygen atoms in total.